The molecule has 1 aliphatic heterocycles. The Hall–Kier alpha value is -0.710. The van der Waals surface area contributed by atoms with Crippen molar-refractivity contribution in [3.8, 4) is 0 Å². The van der Waals surface area contributed by atoms with E-state index < -0.39 is 5.60 Å². The monoisotopic (exact) mass is 374 g/mol. The predicted molar refractivity (Wildman–Crippen MR) is 102 cm³/mol. The molecule has 4 aliphatic carbocycles. The van der Waals surface area contributed by atoms with Gasteiger partial charge in [-0.3, -0.25) is 4.79 Å². The second-order valence-electron chi connectivity index (χ2n) is 10.5. The highest BCUT2D eigenvalue weighted by atomic mass is 16.7. The van der Waals surface area contributed by atoms with Gasteiger partial charge in [0.2, 0.25) is 0 Å². The smallest absolute Gasteiger partial charge is 0.169 e. The molecular formula is C23H34O4. The first-order chi connectivity index (χ1) is 12.7. The molecule has 1 saturated heterocycles. The van der Waals surface area contributed by atoms with E-state index in [0.29, 0.717) is 24.2 Å². The Kier molecular flexibility index (Phi) is 3.85. The van der Waals surface area contributed by atoms with Crippen molar-refractivity contribution in [1.82, 2.24) is 0 Å². The topological polar surface area (TPSA) is 55.8 Å². The molecule has 150 valence electrons. The number of ether oxygens (including phenoxy) is 2. The second-order valence-corrected chi connectivity index (χ2v) is 10.5. The highest BCUT2D eigenvalue weighted by Gasteiger charge is 2.66. The molecular weight excluding hydrogens is 340 g/mol. The summed E-state index contributed by atoms with van der Waals surface area (Å²) < 4.78 is 12.2. The van der Waals surface area contributed by atoms with Crippen molar-refractivity contribution in [2.45, 2.75) is 83.5 Å². The van der Waals surface area contributed by atoms with Gasteiger partial charge in [0.15, 0.2) is 11.6 Å². The number of ketones is 1. The van der Waals surface area contributed by atoms with Gasteiger partial charge in [0, 0.05) is 18.3 Å². The number of carbonyl (C=O) groups excluding carboxylic acids is 1. The van der Waals surface area contributed by atoms with Gasteiger partial charge < -0.3 is 14.6 Å². The predicted octanol–water partition coefficient (Wildman–Crippen LogP) is 4.01. The summed E-state index contributed by atoms with van der Waals surface area (Å²) in [6, 6.07) is 0. The van der Waals surface area contributed by atoms with Gasteiger partial charge in [-0.1, -0.05) is 25.5 Å². The minimum absolute atomic E-state index is 0.0337. The Morgan fingerprint density at radius 2 is 1.81 bits per heavy atom. The Balaban J connectivity index is 1.49. The van der Waals surface area contributed by atoms with E-state index in [0.717, 1.165) is 58.2 Å². The summed E-state index contributed by atoms with van der Waals surface area (Å²) in [7, 11) is 0. The lowest BCUT2D eigenvalue weighted by Crippen LogP contribution is -2.58. The molecule has 0 aromatic carbocycles. The van der Waals surface area contributed by atoms with E-state index in [1.165, 1.54) is 0 Å². The normalized spacial score (nSPS) is 50.7. The maximum absolute atomic E-state index is 12.4. The molecule has 3 saturated carbocycles. The molecule has 1 heterocycles. The van der Waals surface area contributed by atoms with E-state index in [1.807, 2.05) is 0 Å². The van der Waals surface area contributed by atoms with Crippen LogP contribution in [-0.2, 0) is 14.3 Å². The fourth-order valence-corrected chi connectivity index (χ4v) is 8.10. The number of Topliss-reactive ketones (excluding diaryl/α,β-unsaturated/α-hetero) is 1. The Morgan fingerprint density at radius 1 is 1.11 bits per heavy atom. The number of hydrogen-bond acceptors (Lipinski definition) is 4. The second kappa shape index (κ2) is 5.67. The fraction of sp³-hybridized carbons (Fsp3) is 0.870. The zero-order valence-electron chi connectivity index (χ0n) is 17.1. The Morgan fingerprint density at radius 3 is 2.52 bits per heavy atom. The lowest BCUT2D eigenvalue weighted by molar-refractivity contribution is -0.206. The van der Waals surface area contributed by atoms with Gasteiger partial charge in [0.25, 0.3) is 0 Å². The molecule has 0 radical (unpaired) electrons. The van der Waals surface area contributed by atoms with Crippen molar-refractivity contribution < 1.29 is 19.4 Å². The summed E-state index contributed by atoms with van der Waals surface area (Å²) >= 11 is 0. The van der Waals surface area contributed by atoms with Gasteiger partial charge in [-0.15, -0.1) is 0 Å². The highest BCUT2D eigenvalue weighted by Crippen LogP contribution is 2.68. The minimum atomic E-state index is -1.13. The molecule has 5 aliphatic rings. The Labute approximate surface area is 162 Å². The standard InChI is InChI=1S/C23H34O4/c1-15(24)23(25)11-8-19-17-5-4-16-6-10-22(26-12-13-27-22)14-20(16,2)18(17)7-9-21(19,23)3/h4,17-19,25H,5-14H2,1-3H3/t17-,18-,19+,20-,21-,23-/m0/s1. The van der Waals surface area contributed by atoms with Crippen molar-refractivity contribution >= 4 is 5.78 Å². The minimum Gasteiger partial charge on any atom is -0.382 e. The first-order valence-electron chi connectivity index (χ1n) is 11.0. The number of allylic oxidation sites excluding steroid dienone is 2. The summed E-state index contributed by atoms with van der Waals surface area (Å²) in [4.78, 5) is 12.4. The first kappa shape index (κ1) is 18.3. The summed E-state index contributed by atoms with van der Waals surface area (Å²) in [6.45, 7) is 7.65. The van der Waals surface area contributed by atoms with Gasteiger partial charge >= 0.3 is 0 Å². The van der Waals surface area contributed by atoms with E-state index >= 15 is 0 Å². The van der Waals surface area contributed by atoms with Crippen molar-refractivity contribution in [2.75, 3.05) is 13.2 Å². The van der Waals surface area contributed by atoms with E-state index in [-0.39, 0.29) is 22.4 Å². The van der Waals surface area contributed by atoms with E-state index in [9.17, 15) is 9.90 Å². The molecule has 27 heavy (non-hydrogen) atoms. The maximum atomic E-state index is 12.4. The number of carbonyl (C=O) groups is 1. The van der Waals surface area contributed by atoms with Crippen LogP contribution in [0.4, 0.5) is 0 Å². The van der Waals surface area contributed by atoms with Crippen LogP contribution in [-0.4, -0.2) is 35.5 Å². The molecule has 5 rings (SSSR count). The van der Waals surface area contributed by atoms with Crippen LogP contribution >= 0.6 is 0 Å². The van der Waals surface area contributed by atoms with Crippen molar-refractivity contribution in [2.24, 2.45) is 28.6 Å². The van der Waals surface area contributed by atoms with Crippen LogP contribution < -0.4 is 0 Å². The third-order valence-corrected chi connectivity index (χ3v) is 9.58. The number of rotatable bonds is 1. The van der Waals surface area contributed by atoms with Crippen LogP contribution in [0.1, 0.15) is 72.1 Å². The van der Waals surface area contributed by atoms with Gasteiger partial charge in [-0.25, -0.2) is 0 Å². The molecule has 0 aromatic rings. The zero-order valence-corrected chi connectivity index (χ0v) is 17.1. The number of fused-ring (bicyclic) bond motifs is 5. The summed E-state index contributed by atoms with van der Waals surface area (Å²) in [5.74, 6) is 1.19. The SMILES string of the molecule is CC(=O)[C@@]1(O)CC[C@@H]2[C@H]3CC=C4CCC5(C[C@]4(C)[C@H]3CC[C@@]21C)OCCO5. The van der Waals surface area contributed by atoms with Crippen LogP contribution in [0.25, 0.3) is 0 Å². The molecule has 0 bridgehead atoms. The molecule has 4 fully saturated rings. The van der Waals surface area contributed by atoms with E-state index in [1.54, 1.807) is 12.5 Å². The largest absolute Gasteiger partial charge is 0.382 e. The van der Waals surface area contributed by atoms with Crippen LogP contribution in [0.15, 0.2) is 11.6 Å². The highest BCUT2D eigenvalue weighted by molar-refractivity contribution is 5.86. The fourth-order valence-electron chi connectivity index (χ4n) is 8.10. The quantitative estimate of drug-likeness (QED) is 0.705. The average molecular weight is 375 g/mol. The summed E-state index contributed by atoms with van der Waals surface area (Å²) in [5.41, 5.74) is 0.342. The molecule has 1 spiro atoms. The van der Waals surface area contributed by atoms with Gasteiger partial charge in [0.1, 0.15) is 5.60 Å². The van der Waals surface area contributed by atoms with Crippen LogP contribution in [0.3, 0.4) is 0 Å². The number of hydrogen-bond donors (Lipinski definition) is 1. The molecule has 0 aromatic heterocycles. The van der Waals surface area contributed by atoms with Gasteiger partial charge in [-0.2, -0.15) is 0 Å². The molecule has 4 heteroatoms. The molecule has 4 nitrogen and oxygen atoms in total. The first-order valence-corrected chi connectivity index (χ1v) is 11.0. The van der Waals surface area contributed by atoms with Crippen LogP contribution in [0, 0.1) is 28.6 Å². The Bertz CT molecular complexity index is 692. The third kappa shape index (κ3) is 2.24. The van der Waals surface area contributed by atoms with Crippen molar-refractivity contribution in [3.05, 3.63) is 11.6 Å². The average Bonchev–Trinajstić information content (AvgIpc) is 3.17. The van der Waals surface area contributed by atoms with Crippen molar-refractivity contribution in [3.63, 3.8) is 0 Å². The number of aliphatic hydroxyl groups is 1. The van der Waals surface area contributed by atoms with E-state index in [4.69, 9.17) is 9.47 Å². The van der Waals surface area contributed by atoms with Crippen molar-refractivity contribution in [1.29, 1.82) is 0 Å². The summed E-state index contributed by atoms with van der Waals surface area (Å²) in [6.07, 6.45) is 10.3. The van der Waals surface area contributed by atoms with E-state index in [2.05, 4.69) is 19.9 Å². The third-order valence-electron chi connectivity index (χ3n) is 9.58. The summed E-state index contributed by atoms with van der Waals surface area (Å²) in [5, 5.41) is 11.3. The molecule has 0 unspecified atom stereocenters. The lowest BCUT2D eigenvalue weighted by atomic mass is 9.46. The molecule has 6 atom stereocenters. The molecule has 1 N–H and O–H groups in total. The molecule has 0 amide bonds. The maximum Gasteiger partial charge on any atom is 0.169 e. The lowest BCUT2D eigenvalue weighted by Gasteiger charge is -2.59. The van der Waals surface area contributed by atoms with Gasteiger partial charge in [-0.05, 0) is 68.6 Å². The zero-order chi connectivity index (χ0) is 19.1. The van der Waals surface area contributed by atoms with Gasteiger partial charge in [0.05, 0.1) is 13.2 Å². The van der Waals surface area contributed by atoms with Crippen LogP contribution in [0.5, 0.6) is 0 Å². The van der Waals surface area contributed by atoms with Crippen LogP contribution in [0.2, 0.25) is 0 Å².